The van der Waals surface area contributed by atoms with Crippen LogP contribution in [-0.4, -0.2) is 19.5 Å². The fraction of sp³-hybridized carbons (Fsp3) is 0.636. The van der Waals surface area contributed by atoms with E-state index in [-0.39, 0.29) is 6.29 Å². The maximum atomic E-state index is 5.67. The second-order valence-electron chi connectivity index (χ2n) is 3.64. The molecule has 84 valence electrons. The molecule has 1 aromatic rings. The van der Waals surface area contributed by atoms with Crippen molar-refractivity contribution in [2.45, 2.75) is 32.0 Å². The van der Waals surface area contributed by atoms with Crippen molar-refractivity contribution >= 4 is 27.3 Å². The van der Waals surface area contributed by atoms with E-state index in [2.05, 4.69) is 27.4 Å². The largest absolute Gasteiger partial charge is 0.353 e. The van der Waals surface area contributed by atoms with E-state index in [1.807, 2.05) is 0 Å². The summed E-state index contributed by atoms with van der Waals surface area (Å²) < 4.78 is 12.4. The van der Waals surface area contributed by atoms with Gasteiger partial charge >= 0.3 is 0 Å². The minimum Gasteiger partial charge on any atom is -0.353 e. The highest BCUT2D eigenvalue weighted by Crippen LogP contribution is 2.24. The molecule has 0 bridgehead atoms. The van der Waals surface area contributed by atoms with E-state index >= 15 is 0 Å². The van der Waals surface area contributed by atoms with Gasteiger partial charge < -0.3 is 9.47 Å². The number of rotatable bonds is 4. The molecule has 15 heavy (non-hydrogen) atoms. The highest BCUT2D eigenvalue weighted by Gasteiger charge is 2.13. The van der Waals surface area contributed by atoms with Crippen LogP contribution in [0.15, 0.2) is 15.2 Å². The van der Waals surface area contributed by atoms with Gasteiger partial charge in [-0.05, 0) is 58.6 Å². The molecule has 1 saturated heterocycles. The fourth-order valence-electron chi connectivity index (χ4n) is 1.64. The Morgan fingerprint density at radius 3 is 3.13 bits per heavy atom. The predicted octanol–water partition coefficient (Wildman–Crippen LogP) is 3.60. The molecule has 4 heteroatoms. The molecule has 1 aliphatic rings. The molecule has 1 unspecified atom stereocenters. The predicted molar refractivity (Wildman–Crippen MR) is 65.3 cm³/mol. The second-order valence-corrected chi connectivity index (χ2v) is 5.87. The molecule has 1 aromatic heterocycles. The van der Waals surface area contributed by atoms with Crippen molar-refractivity contribution in [3.63, 3.8) is 0 Å². The molecule has 0 spiro atoms. The molecule has 2 nitrogen and oxygen atoms in total. The summed E-state index contributed by atoms with van der Waals surface area (Å²) in [6, 6.07) is 2.14. The van der Waals surface area contributed by atoms with Gasteiger partial charge in [-0.3, -0.25) is 0 Å². The quantitative estimate of drug-likeness (QED) is 0.844. The smallest absolute Gasteiger partial charge is 0.157 e. The third-order valence-corrected chi connectivity index (χ3v) is 4.32. The van der Waals surface area contributed by atoms with Gasteiger partial charge in [0.15, 0.2) is 6.29 Å². The molecule has 1 fully saturated rings. The lowest BCUT2D eigenvalue weighted by molar-refractivity contribution is -0.161. The van der Waals surface area contributed by atoms with Crippen LogP contribution in [0.1, 0.15) is 24.8 Å². The van der Waals surface area contributed by atoms with E-state index in [0.717, 1.165) is 26.1 Å². The van der Waals surface area contributed by atoms with Gasteiger partial charge in [-0.2, -0.15) is 0 Å². The summed E-state index contributed by atoms with van der Waals surface area (Å²) in [6.45, 7) is 1.60. The van der Waals surface area contributed by atoms with Crippen molar-refractivity contribution in [1.82, 2.24) is 0 Å². The van der Waals surface area contributed by atoms with Crippen molar-refractivity contribution in [3.8, 4) is 0 Å². The zero-order chi connectivity index (χ0) is 10.5. The molecule has 2 rings (SSSR count). The Morgan fingerprint density at radius 2 is 2.47 bits per heavy atom. The standard InChI is InChI=1S/C11H15BrO2S/c12-11-9(5-8-15-11)4-7-14-10-3-1-2-6-13-10/h5,8,10H,1-4,6-7H2. The Kier molecular flexibility index (Phi) is 4.62. The van der Waals surface area contributed by atoms with Gasteiger partial charge in [-0.25, -0.2) is 0 Å². The van der Waals surface area contributed by atoms with Gasteiger partial charge in [-0.1, -0.05) is 0 Å². The fourth-order valence-corrected chi connectivity index (χ4v) is 2.97. The number of hydrogen-bond donors (Lipinski definition) is 0. The van der Waals surface area contributed by atoms with Gasteiger partial charge in [0, 0.05) is 6.61 Å². The first-order valence-electron chi connectivity index (χ1n) is 5.31. The number of ether oxygens (including phenoxy) is 2. The van der Waals surface area contributed by atoms with Crippen LogP contribution < -0.4 is 0 Å². The highest BCUT2D eigenvalue weighted by molar-refractivity contribution is 9.11. The van der Waals surface area contributed by atoms with Gasteiger partial charge in [0.05, 0.1) is 10.4 Å². The summed E-state index contributed by atoms with van der Waals surface area (Å²) in [7, 11) is 0. The minimum atomic E-state index is 0.0381. The topological polar surface area (TPSA) is 18.5 Å². The summed E-state index contributed by atoms with van der Waals surface area (Å²) in [6.07, 6.45) is 4.45. The van der Waals surface area contributed by atoms with Gasteiger partial charge in [0.25, 0.3) is 0 Å². The van der Waals surface area contributed by atoms with Crippen LogP contribution in [0.5, 0.6) is 0 Å². The Bertz CT molecular complexity index is 295. The average molecular weight is 291 g/mol. The van der Waals surface area contributed by atoms with Crippen LogP contribution >= 0.6 is 27.3 Å². The first-order valence-corrected chi connectivity index (χ1v) is 6.98. The molecule has 0 N–H and O–H groups in total. The summed E-state index contributed by atoms with van der Waals surface area (Å²) in [4.78, 5) is 0. The van der Waals surface area contributed by atoms with E-state index in [9.17, 15) is 0 Å². The molecule has 2 heterocycles. The third-order valence-electron chi connectivity index (χ3n) is 2.51. The second kappa shape index (κ2) is 5.99. The van der Waals surface area contributed by atoms with E-state index < -0.39 is 0 Å². The Hall–Kier alpha value is 0.1000. The Labute approximate surface area is 103 Å². The number of hydrogen-bond acceptors (Lipinski definition) is 3. The van der Waals surface area contributed by atoms with E-state index in [4.69, 9.17) is 9.47 Å². The van der Waals surface area contributed by atoms with Crippen LogP contribution in [0.25, 0.3) is 0 Å². The SMILES string of the molecule is Brc1sccc1CCOC1CCCCO1. The van der Waals surface area contributed by atoms with Crippen LogP contribution in [0.3, 0.4) is 0 Å². The molecule has 1 atom stereocenters. The van der Waals surface area contributed by atoms with Crippen molar-refractivity contribution in [1.29, 1.82) is 0 Å². The normalized spacial score (nSPS) is 21.8. The van der Waals surface area contributed by atoms with Gasteiger partial charge in [0.2, 0.25) is 0 Å². The molecular weight excluding hydrogens is 276 g/mol. The average Bonchev–Trinajstić information content (AvgIpc) is 2.66. The molecule has 0 saturated carbocycles. The lowest BCUT2D eigenvalue weighted by Gasteiger charge is -2.22. The van der Waals surface area contributed by atoms with Gasteiger partial charge in [-0.15, -0.1) is 11.3 Å². The number of halogens is 1. The van der Waals surface area contributed by atoms with Crippen LogP contribution in [0.4, 0.5) is 0 Å². The summed E-state index contributed by atoms with van der Waals surface area (Å²) in [5, 5.41) is 2.09. The maximum Gasteiger partial charge on any atom is 0.157 e. The van der Waals surface area contributed by atoms with Crippen LogP contribution in [0, 0.1) is 0 Å². The molecule has 0 amide bonds. The van der Waals surface area contributed by atoms with Crippen molar-refractivity contribution in [2.75, 3.05) is 13.2 Å². The van der Waals surface area contributed by atoms with Crippen molar-refractivity contribution < 1.29 is 9.47 Å². The summed E-state index contributed by atoms with van der Waals surface area (Å²) in [5.74, 6) is 0. The first kappa shape index (κ1) is 11.6. The van der Waals surface area contributed by atoms with E-state index in [0.29, 0.717) is 0 Å². The molecule has 0 aliphatic carbocycles. The molecule has 1 aliphatic heterocycles. The molecule has 0 radical (unpaired) electrons. The third kappa shape index (κ3) is 3.55. The van der Waals surface area contributed by atoms with E-state index in [1.54, 1.807) is 11.3 Å². The van der Waals surface area contributed by atoms with Crippen LogP contribution in [0.2, 0.25) is 0 Å². The monoisotopic (exact) mass is 290 g/mol. The highest BCUT2D eigenvalue weighted by atomic mass is 79.9. The Morgan fingerprint density at radius 1 is 1.53 bits per heavy atom. The minimum absolute atomic E-state index is 0.0381. The summed E-state index contributed by atoms with van der Waals surface area (Å²) in [5.41, 5.74) is 1.33. The zero-order valence-corrected chi connectivity index (χ0v) is 11.0. The van der Waals surface area contributed by atoms with Crippen molar-refractivity contribution in [3.05, 3.63) is 20.8 Å². The molecular formula is C11H15BrO2S. The number of thiophene rings is 1. The lowest BCUT2D eigenvalue weighted by atomic mass is 10.2. The van der Waals surface area contributed by atoms with E-state index in [1.165, 1.54) is 22.2 Å². The Balaban J connectivity index is 1.68. The first-order chi connectivity index (χ1) is 7.36. The lowest BCUT2D eigenvalue weighted by Crippen LogP contribution is -2.23. The zero-order valence-electron chi connectivity index (χ0n) is 8.58. The summed E-state index contributed by atoms with van der Waals surface area (Å²) >= 11 is 5.24. The molecule has 0 aromatic carbocycles. The van der Waals surface area contributed by atoms with Gasteiger partial charge in [0.1, 0.15) is 0 Å². The van der Waals surface area contributed by atoms with Crippen molar-refractivity contribution in [2.24, 2.45) is 0 Å². The maximum absolute atomic E-state index is 5.67. The van der Waals surface area contributed by atoms with Crippen LogP contribution in [-0.2, 0) is 15.9 Å².